The van der Waals surface area contributed by atoms with Gasteiger partial charge in [-0.15, -0.1) is 0 Å². The molecule has 3 N–H and O–H groups in total. The van der Waals surface area contributed by atoms with Gasteiger partial charge in [-0.3, -0.25) is 0 Å². The van der Waals surface area contributed by atoms with Gasteiger partial charge in [0.1, 0.15) is 16.4 Å². The number of sulfonamides is 1. The maximum atomic E-state index is 13.5. The van der Waals surface area contributed by atoms with Gasteiger partial charge in [-0.05, 0) is 25.5 Å². The van der Waals surface area contributed by atoms with E-state index >= 15 is 0 Å². The molecule has 17 heavy (non-hydrogen) atoms. The Morgan fingerprint density at radius 3 is 2.53 bits per heavy atom. The van der Waals surface area contributed by atoms with Crippen LogP contribution < -0.4 is 10.5 Å². The van der Waals surface area contributed by atoms with Crippen LogP contribution in [0.5, 0.6) is 0 Å². The molecule has 0 saturated heterocycles. The summed E-state index contributed by atoms with van der Waals surface area (Å²) in [6.45, 7) is 3.42. The molecule has 0 amide bonds. The number of hydrogen-bond donors (Lipinski definition) is 2. The average molecular weight is 264 g/mol. The average Bonchev–Trinajstić information content (AvgIpc) is 2.24. The van der Waals surface area contributed by atoms with Crippen LogP contribution in [0.4, 0.5) is 14.5 Å². The molecular weight excluding hydrogens is 250 g/mol. The Morgan fingerprint density at radius 1 is 1.41 bits per heavy atom. The van der Waals surface area contributed by atoms with Gasteiger partial charge >= 0.3 is 0 Å². The molecule has 0 saturated carbocycles. The van der Waals surface area contributed by atoms with Gasteiger partial charge in [-0.1, -0.05) is 6.92 Å². The first kappa shape index (κ1) is 13.9. The highest BCUT2D eigenvalue weighted by Crippen LogP contribution is 2.22. The highest BCUT2D eigenvalue weighted by Gasteiger charge is 2.23. The Hall–Kier alpha value is -1.21. The van der Waals surface area contributed by atoms with Gasteiger partial charge < -0.3 is 5.73 Å². The van der Waals surface area contributed by atoms with Crippen molar-refractivity contribution in [1.82, 2.24) is 4.72 Å². The van der Waals surface area contributed by atoms with Gasteiger partial charge in [0.15, 0.2) is 5.82 Å². The first-order chi connectivity index (χ1) is 7.79. The molecule has 1 aromatic rings. The lowest BCUT2D eigenvalue weighted by Gasteiger charge is -2.13. The number of halogens is 2. The molecule has 0 spiro atoms. The summed E-state index contributed by atoms with van der Waals surface area (Å²) in [6, 6.07) is 1.33. The zero-order valence-corrected chi connectivity index (χ0v) is 10.3. The van der Waals surface area contributed by atoms with Gasteiger partial charge in [0.05, 0.1) is 0 Å². The van der Waals surface area contributed by atoms with Crippen LogP contribution in [0.3, 0.4) is 0 Å². The molecule has 0 radical (unpaired) electrons. The highest BCUT2D eigenvalue weighted by molar-refractivity contribution is 7.89. The van der Waals surface area contributed by atoms with Crippen molar-refractivity contribution in [2.24, 2.45) is 0 Å². The smallest absolute Gasteiger partial charge is 0.243 e. The van der Waals surface area contributed by atoms with Crippen molar-refractivity contribution in [3.63, 3.8) is 0 Å². The lowest BCUT2D eigenvalue weighted by molar-refractivity contribution is 0.534. The molecule has 1 unspecified atom stereocenters. The van der Waals surface area contributed by atoms with Crippen molar-refractivity contribution in [2.45, 2.75) is 31.2 Å². The molecule has 0 aromatic heterocycles. The van der Waals surface area contributed by atoms with E-state index in [4.69, 9.17) is 5.73 Å². The highest BCUT2D eigenvalue weighted by atomic mass is 32.2. The van der Waals surface area contributed by atoms with Crippen LogP contribution >= 0.6 is 0 Å². The van der Waals surface area contributed by atoms with Crippen LogP contribution in [0, 0.1) is 11.6 Å². The molecule has 7 heteroatoms. The number of nitrogens with one attached hydrogen (secondary N) is 1. The molecule has 0 aliphatic carbocycles. The lowest BCUT2D eigenvalue weighted by atomic mass is 10.3. The number of rotatable bonds is 4. The van der Waals surface area contributed by atoms with Gasteiger partial charge in [0, 0.05) is 6.04 Å². The molecule has 0 fully saturated rings. The van der Waals surface area contributed by atoms with Gasteiger partial charge in [-0.2, -0.15) is 0 Å². The number of nitrogens with two attached hydrogens (primary N) is 1. The van der Waals surface area contributed by atoms with E-state index in [1.165, 1.54) is 0 Å². The fraction of sp³-hybridized carbons (Fsp3) is 0.400. The molecule has 0 bridgehead atoms. The summed E-state index contributed by atoms with van der Waals surface area (Å²) in [6.07, 6.45) is 0.553. The van der Waals surface area contributed by atoms with Crippen molar-refractivity contribution in [3.05, 3.63) is 23.8 Å². The first-order valence-electron chi connectivity index (χ1n) is 5.05. The second kappa shape index (κ2) is 4.97. The predicted octanol–water partition coefficient (Wildman–Crippen LogP) is 1.62. The number of benzene rings is 1. The fourth-order valence-electron chi connectivity index (χ4n) is 1.17. The minimum absolute atomic E-state index is 0.342. The second-order valence-corrected chi connectivity index (χ2v) is 5.39. The Labute approximate surface area is 98.9 Å². The van der Waals surface area contributed by atoms with Crippen LogP contribution in [0.1, 0.15) is 20.3 Å². The van der Waals surface area contributed by atoms with E-state index in [0.717, 1.165) is 12.1 Å². The molecule has 1 atom stereocenters. The summed E-state index contributed by atoms with van der Waals surface area (Å²) in [5.74, 6) is -2.24. The molecule has 1 rings (SSSR count). The minimum atomic E-state index is -4.01. The van der Waals surface area contributed by atoms with E-state index in [9.17, 15) is 17.2 Å². The maximum absolute atomic E-state index is 13.5. The van der Waals surface area contributed by atoms with Gasteiger partial charge in [0.2, 0.25) is 10.0 Å². The maximum Gasteiger partial charge on any atom is 0.243 e. The summed E-state index contributed by atoms with van der Waals surface area (Å²) >= 11 is 0. The molecule has 4 nitrogen and oxygen atoms in total. The monoisotopic (exact) mass is 264 g/mol. The van der Waals surface area contributed by atoms with E-state index in [2.05, 4.69) is 4.72 Å². The molecule has 0 aliphatic rings. The Kier molecular flexibility index (Phi) is 4.05. The van der Waals surface area contributed by atoms with Crippen LogP contribution in [-0.4, -0.2) is 14.5 Å². The van der Waals surface area contributed by atoms with Crippen molar-refractivity contribution in [1.29, 1.82) is 0 Å². The van der Waals surface area contributed by atoms with E-state index < -0.39 is 32.2 Å². The molecule has 96 valence electrons. The quantitative estimate of drug-likeness (QED) is 0.812. The Bertz CT molecular complexity index is 517. The normalized spacial score (nSPS) is 13.6. The van der Waals surface area contributed by atoms with Crippen LogP contribution in [0.25, 0.3) is 0 Å². The summed E-state index contributed by atoms with van der Waals surface area (Å²) in [5.41, 5.74) is 4.31. The largest absolute Gasteiger partial charge is 0.394 e. The van der Waals surface area contributed by atoms with E-state index in [0.29, 0.717) is 6.42 Å². The number of nitrogen functional groups attached to an aromatic ring is 1. The van der Waals surface area contributed by atoms with E-state index in [-0.39, 0.29) is 6.04 Å². The standard InChI is InChI=1S/C10H14F2N2O2S/c1-3-6(2)14-17(15,16)8-5-4-7(11)10(13)9(8)12/h4-6,14H,3,13H2,1-2H3. The summed E-state index contributed by atoms with van der Waals surface area (Å²) < 4.78 is 52.2. The second-order valence-electron chi connectivity index (χ2n) is 3.70. The molecule has 0 heterocycles. The summed E-state index contributed by atoms with van der Waals surface area (Å²) in [5, 5.41) is 0. The van der Waals surface area contributed by atoms with Crippen molar-refractivity contribution in [2.75, 3.05) is 5.73 Å². The van der Waals surface area contributed by atoms with Gasteiger partial charge in [0.25, 0.3) is 0 Å². The lowest BCUT2D eigenvalue weighted by Crippen LogP contribution is -2.32. The number of anilines is 1. The summed E-state index contributed by atoms with van der Waals surface area (Å²) in [7, 11) is -4.01. The molecule has 0 aliphatic heterocycles. The van der Waals surface area contributed by atoms with Crippen molar-refractivity contribution >= 4 is 15.7 Å². The predicted molar refractivity (Wildman–Crippen MR) is 60.8 cm³/mol. The minimum Gasteiger partial charge on any atom is -0.394 e. The third-order valence-electron chi connectivity index (χ3n) is 2.35. The third kappa shape index (κ3) is 2.92. The zero-order chi connectivity index (χ0) is 13.2. The molecule has 1 aromatic carbocycles. The Morgan fingerprint density at radius 2 is 2.00 bits per heavy atom. The SMILES string of the molecule is CCC(C)NS(=O)(=O)c1ccc(F)c(N)c1F. The Balaban J connectivity index is 3.21. The van der Waals surface area contributed by atoms with Crippen molar-refractivity contribution < 1.29 is 17.2 Å². The first-order valence-corrected chi connectivity index (χ1v) is 6.53. The fourth-order valence-corrected chi connectivity index (χ4v) is 2.59. The molecular formula is C10H14F2N2O2S. The third-order valence-corrected chi connectivity index (χ3v) is 3.96. The van der Waals surface area contributed by atoms with Crippen LogP contribution in [0.2, 0.25) is 0 Å². The summed E-state index contributed by atoms with van der Waals surface area (Å²) in [4.78, 5) is -0.642. The van der Waals surface area contributed by atoms with Crippen molar-refractivity contribution in [3.8, 4) is 0 Å². The number of hydrogen-bond acceptors (Lipinski definition) is 3. The van der Waals surface area contributed by atoms with Gasteiger partial charge in [-0.25, -0.2) is 21.9 Å². The topological polar surface area (TPSA) is 72.2 Å². The van der Waals surface area contributed by atoms with Crippen LogP contribution in [0.15, 0.2) is 17.0 Å². The van der Waals surface area contributed by atoms with Crippen LogP contribution in [-0.2, 0) is 10.0 Å². The zero-order valence-electron chi connectivity index (χ0n) is 9.50. The van der Waals surface area contributed by atoms with E-state index in [1.54, 1.807) is 13.8 Å². The van der Waals surface area contributed by atoms with E-state index in [1.807, 2.05) is 0 Å².